The largest absolute Gasteiger partial charge is 0.545 e. The lowest BCUT2D eigenvalue weighted by atomic mass is 10.0. The first-order valence-electron chi connectivity index (χ1n) is 4.58. The van der Waals surface area contributed by atoms with Gasteiger partial charge in [-0.15, -0.1) is 11.3 Å². The molecule has 1 aromatic heterocycles. The van der Waals surface area contributed by atoms with Crippen molar-refractivity contribution in [1.29, 1.82) is 0 Å². The van der Waals surface area contributed by atoms with Crippen LogP contribution in [-0.2, 0) is 0 Å². The molecule has 16 heavy (non-hydrogen) atoms. The monoisotopic (exact) mass is 231 g/mol. The summed E-state index contributed by atoms with van der Waals surface area (Å²) < 4.78 is 0. The number of benzene rings is 1. The minimum Gasteiger partial charge on any atom is -0.545 e. The molecule has 0 radical (unpaired) electrons. The Bertz CT molecular complexity index is 529. The van der Waals surface area contributed by atoms with Crippen molar-refractivity contribution in [3.63, 3.8) is 0 Å². The van der Waals surface area contributed by atoms with Crippen LogP contribution in [-0.4, -0.2) is 11.8 Å². The van der Waals surface area contributed by atoms with Crippen LogP contribution in [0.1, 0.15) is 25.6 Å². The molecule has 80 valence electrons. The first kappa shape index (κ1) is 10.6. The van der Waals surface area contributed by atoms with E-state index < -0.39 is 5.97 Å². The van der Waals surface area contributed by atoms with Gasteiger partial charge < -0.3 is 9.90 Å². The molecule has 0 unspecified atom stereocenters. The molecule has 0 aliphatic rings. The summed E-state index contributed by atoms with van der Waals surface area (Å²) in [5.41, 5.74) is 0.103. The van der Waals surface area contributed by atoms with Gasteiger partial charge in [0, 0.05) is 11.1 Å². The third kappa shape index (κ3) is 1.87. The topological polar surface area (TPSA) is 57.2 Å². The molecule has 0 bridgehead atoms. The molecule has 0 aliphatic carbocycles. The highest BCUT2D eigenvalue weighted by Gasteiger charge is 2.14. The fourth-order valence-corrected chi connectivity index (χ4v) is 2.08. The van der Waals surface area contributed by atoms with Crippen LogP contribution in [0, 0.1) is 0 Å². The lowest BCUT2D eigenvalue weighted by Gasteiger charge is -2.07. The number of hydrogen-bond acceptors (Lipinski definition) is 4. The Morgan fingerprint density at radius 3 is 2.25 bits per heavy atom. The first-order valence-corrected chi connectivity index (χ1v) is 5.46. The van der Waals surface area contributed by atoms with E-state index in [1.54, 1.807) is 29.6 Å². The number of carboxylic acids is 1. The number of hydrogen-bond donors (Lipinski definition) is 0. The Morgan fingerprint density at radius 1 is 1.00 bits per heavy atom. The number of rotatable bonds is 3. The van der Waals surface area contributed by atoms with Gasteiger partial charge in [-0.25, -0.2) is 0 Å². The van der Waals surface area contributed by atoms with E-state index in [-0.39, 0.29) is 16.9 Å². The van der Waals surface area contributed by atoms with Gasteiger partial charge in [0.05, 0.1) is 10.8 Å². The smallest absolute Gasteiger partial charge is 0.203 e. The molecule has 0 N–H and O–H groups in total. The summed E-state index contributed by atoms with van der Waals surface area (Å²) in [5, 5.41) is 12.6. The van der Waals surface area contributed by atoms with Crippen molar-refractivity contribution >= 4 is 23.1 Å². The van der Waals surface area contributed by atoms with E-state index in [9.17, 15) is 14.7 Å². The Balaban J connectivity index is 2.49. The third-order valence-corrected chi connectivity index (χ3v) is 3.01. The summed E-state index contributed by atoms with van der Waals surface area (Å²) in [7, 11) is 0. The molecule has 1 aromatic carbocycles. The first-order chi connectivity index (χ1) is 7.70. The highest BCUT2D eigenvalue weighted by molar-refractivity contribution is 7.12. The van der Waals surface area contributed by atoms with Crippen LogP contribution in [0.5, 0.6) is 0 Å². The van der Waals surface area contributed by atoms with E-state index in [0.29, 0.717) is 4.88 Å². The van der Waals surface area contributed by atoms with Gasteiger partial charge in [-0.3, -0.25) is 4.79 Å². The molecule has 0 spiro atoms. The molecule has 0 aliphatic heterocycles. The van der Waals surface area contributed by atoms with Gasteiger partial charge in [0.1, 0.15) is 0 Å². The van der Waals surface area contributed by atoms with Gasteiger partial charge in [-0.1, -0.05) is 30.3 Å². The molecule has 0 amide bonds. The van der Waals surface area contributed by atoms with Crippen molar-refractivity contribution in [3.05, 3.63) is 57.8 Å². The van der Waals surface area contributed by atoms with E-state index >= 15 is 0 Å². The van der Waals surface area contributed by atoms with E-state index in [0.717, 1.165) is 0 Å². The number of carbonyl (C=O) groups is 2. The fourth-order valence-electron chi connectivity index (χ4n) is 1.40. The third-order valence-electron chi connectivity index (χ3n) is 2.14. The molecular formula is C12H7O3S-. The Hall–Kier alpha value is -1.94. The molecular weight excluding hydrogens is 224 g/mol. The van der Waals surface area contributed by atoms with Crippen LogP contribution in [0.2, 0.25) is 0 Å². The molecule has 1 heterocycles. The maximum atomic E-state index is 12.0. The van der Waals surface area contributed by atoms with Gasteiger partial charge in [0.2, 0.25) is 5.78 Å². The van der Waals surface area contributed by atoms with Crippen LogP contribution in [0.15, 0.2) is 41.8 Å². The van der Waals surface area contributed by atoms with Crippen molar-refractivity contribution in [2.75, 3.05) is 0 Å². The number of carbonyl (C=O) groups excluding carboxylic acids is 2. The van der Waals surface area contributed by atoms with Crippen molar-refractivity contribution in [3.8, 4) is 0 Å². The average Bonchev–Trinajstić information content (AvgIpc) is 2.81. The highest BCUT2D eigenvalue weighted by Crippen LogP contribution is 2.17. The summed E-state index contributed by atoms with van der Waals surface area (Å²) in [4.78, 5) is 23.3. The van der Waals surface area contributed by atoms with E-state index in [4.69, 9.17) is 0 Å². The van der Waals surface area contributed by atoms with Crippen molar-refractivity contribution in [2.45, 2.75) is 0 Å². The molecule has 0 atom stereocenters. The zero-order valence-electron chi connectivity index (χ0n) is 8.17. The fraction of sp³-hybridized carbons (Fsp3) is 0. The zero-order chi connectivity index (χ0) is 11.5. The second kappa shape index (κ2) is 4.28. The van der Waals surface area contributed by atoms with Gasteiger partial charge >= 0.3 is 0 Å². The van der Waals surface area contributed by atoms with E-state index in [1.807, 2.05) is 0 Å². The lowest BCUT2D eigenvalue weighted by Crippen LogP contribution is -2.24. The number of carboxylic acid groups (broad SMARTS) is 1. The van der Waals surface area contributed by atoms with Crippen LogP contribution >= 0.6 is 11.3 Å². The molecule has 3 nitrogen and oxygen atoms in total. The normalized spacial score (nSPS) is 10.0. The second-order valence-corrected chi connectivity index (χ2v) is 4.09. The highest BCUT2D eigenvalue weighted by atomic mass is 32.1. The molecule has 2 aromatic rings. The standard InChI is InChI=1S/C12H8O3S/c13-11(10-6-3-7-16-10)8-4-1-2-5-9(8)12(14)15/h1-7H,(H,14,15)/p-1. The predicted molar refractivity (Wildman–Crippen MR) is 58.5 cm³/mol. The van der Waals surface area contributed by atoms with Gasteiger partial charge in [0.25, 0.3) is 0 Å². The quantitative estimate of drug-likeness (QED) is 0.749. The molecule has 2 rings (SSSR count). The summed E-state index contributed by atoms with van der Waals surface area (Å²) in [6.07, 6.45) is 0. The van der Waals surface area contributed by atoms with E-state index in [2.05, 4.69) is 0 Å². The maximum absolute atomic E-state index is 12.0. The summed E-state index contributed by atoms with van der Waals surface area (Å²) in [5.74, 6) is -1.62. The number of thiophene rings is 1. The summed E-state index contributed by atoms with van der Waals surface area (Å²) in [6, 6.07) is 9.48. The Kier molecular flexibility index (Phi) is 2.83. The molecule has 0 fully saturated rings. The molecule has 4 heteroatoms. The van der Waals surface area contributed by atoms with Crippen molar-refractivity contribution < 1.29 is 14.7 Å². The second-order valence-electron chi connectivity index (χ2n) is 3.14. The average molecular weight is 231 g/mol. The van der Waals surface area contributed by atoms with Gasteiger partial charge in [-0.2, -0.15) is 0 Å². The number of aromatic carboxylic acids is 1. The zero-order valence-corrected chi connectivity index (χ0v) is 8.99. The molecule has 0 saturated carbocycles. The van der Waals surface area contributed by atoms with Crippen molar-refractivity contribution in [2.24, 2.45) is 0 Å². The molecule has 0 saturated heterocycles. The number of ketones is 1. The van der Waals surface area contributed by atoms with Crippen LogP contribution in [0.25, 0.3) is 0 Å². The summed E-state index contributed by atoms with van der Waals surface area (Å²) in [6.45, 7) is 0. The van der Waals surface area contributed by atoms with Crippen LogP contribution < -0.4 is 5.11 Å². The van der Waals surface area contributed by atoms with Crippen LogP contribution in [0.4, 0.5) is 0 Å². The minimum atomic E-state index is -1.33. The maximum Gasteiger partial charge on any atom is 0.203 e. The van der Waals surface area contributed by atoms with Gasteiger partial charge in [-0.05, 0) is 11.4 Å². The van der Waals surface area contributed by atoms with Crippen molar-refractivity contribution in [1.82, 2.24) is 0 Å². The predicted octanol–water partition coefficient (Wildman–Crippen LogP) is 1.34. The SMILES string of the molecule is O=C([O-])c1ccccc1C(=O)c1cccs1. The van der Waals surface area contributed by atoms with Gasteiger partial charge in [0.15, 0.2) is 0 Å². The van der Waals surface area contributed by atoms with Crippen LogP contribution in [0.3, 0.4) is 0 Å². The summed E-state index contributed by atoms with van der Waals surface area (Å²) >= 11 is 1.28. The minimum absolute atomic E-state index is 0.0686. The Labute approximate surface area is 96.0 Å². The Morgan fingerprint density at radius 2 is 1.69 bits per heavy atom. The van der Waals surface area contributed by atoms with E-state index in [1.165, 1.54) is 23.5 Å². The lowest BCUT2D eigenvalue weighted by molar-refractivity contribution is -0.255.